The number of para-hydroxylation sites is 1. The van der Waals surface area contributed by atoms with E-state index >= 15 is 0 Å². The number of nitrogens with zero attached hydrogens (tertiary/aromatic N) is 2. The van der Waals surface area contributed by atoms with Crippen LogP contribution in [0.2, 0.25) is 0 Å². The van der Waals surface area contributed by atoms with Gasteiger partial charge in [-0.25, -0.2) is 4.98 Å². The van der Waals surface area contributed by atoms with Crippen molar-refractivity contribution in [2.24, 2.45) is 0 Å². The van der Waals surface area contributed by atoms with Crippen LogP contribution in [-0.4, -0.2) is 32.2 Å². The Hall–Kier alpha value is -2.60. The van der Waals surface area contributed by atoms with E-state index in [0.717, 1.165) is 27.3 Å². The number of aromatic nitrogens is 1. The highest BCUT2D eigenvalue weighted by atomic mass is 32.1. The molecule has 5 nitrogen and oxygen atoms in total. The van der Waals surface area contributed by atoms with Gasteiger partial charge in [0.05, 0.1) is 24.4 Å². The van der Waals surface area contributed by atoms with Crippen LogP contribution in [0.5, 0.6) is 11.5 Å². The van der Waals surface area contributed by atoms with Gasteiger partial charge in [-0.1, -0.05) is 23.5 Å². The van der Waals surface area contributed by atoms with Crippen molar-refractivity contribution in [3.63, 3.8) is 0 Å². The van der Waals surface area contributed by atoms with E-state index in [4.69, 9.17) is 9.47 Å². The molecule has 130 valence electrons. The van der Waals surface area contributed by atoms with Crippen molar-refractivity contribution in [2.45, 2.75) is 12.8 Å². The molecular formula is C19H20N2O3S. The fraction of sp³-hybridized carbons (Fsp3) is 0.263. The Morgan fingerprint density at radius 3 is 2.68 bits per heavy atom. The third kappa shape index (κ3) is 3.74. The van der Waals surface area contributed by atoms with Crippen LogP contribution in [0.3, 0.4) is 0 Å². The molecule has 0 atom stereocenters. The molecule has 3 aromatic rings. The molecular weight excluding hydrogens is 336 g/mol. The normalized spacial score (nSPS) is 10.7. The number of methoxy groups -OCH3 is 2. The fourth-order valence-corrected chi connectivity index (χ4v) is 3.54. The van der Waals surface area contributed by atoms with E-state index in [0.29, 0.717) is 18.0 Å². The van der Waals surface area contributed by atoms with Crippen LogP contribution >= 0.6 is 11.3 Å². The highest BCUT2D eigenvalue weighted by molar-refractivity contribution is 7.22. The molecule has 3 rings (SSSR count). The number of carbonyl (C=O) groups is 1. The highest BCUT2D eigenvalue weighted by Crippen LogP contribution is 2.29. The lowest BCUT2D eigenvalue weighted by molar-refractivity contribution is -0.118. The number of ether oxygens (including phenoxy) is 2. The van der Waals surface area contributed by atoms with E-state index in [1.807, 2.05) is 42.5 Å². The Morgan fingerprint density at radius 1 is 1.16 bits per heavy atom. The second kappa shape index (κ2) is 7.53. The zero-order valence-corrected chi connectivity index (χ0v) is 15.3. The van der Waals surface area contributed by atoms with Gasteiger partial charge in [-0.15, -0.1) is 0 Å². The number of aryl methyl sites for hydroxylation is 1. The number of anilines is 1. The van der Waals surface area contributed by atoms with E-state index in [-0.39, 0.29) is 5.91 Å². The summed E-state index contributed by atoms with van der Waals surface area (Å²) in [5, 5.41) is 0.712. The van der Waals surface area contributed by atoms with E-state index in [1.54, 1.807) is 26.2 Å². The number of fused-ring (bicyclic) bond motifs is 1. The van der Waals surface area contributed by atoms with Crippen LogP contribution in [0.15, 0.2) is 42.5 Å². The largest absolute Gasteiger partial charge is 0.497 e. The van der Waals surface area contributed by atoms with Gasteiger partial charge in [-0.3, -0.25) is 9.69 Å². The van der Waals surface area contributed by atoms with Gasteiger partial charge in [0, 0.05) is 13.5 Å². The van der Waals surface area contributed by atoms with Crippen molar-refractivity contribution >= 4 is 32.6 Å². The molecule has 0 aliphatic heterocycles. The summed E-state index contributed by atoms with van der Waals surface area (Å²) >= 11 is 1.52. The van der Waals surface area contributed by atoms with Crippen LogP contribution in [0.4, 0.5) is 5.13 Å². The minimum absolute atomic E-state index is 0.0175. The summed E-state index contributed by atoms with van der Waals surface area (Å²) in [6.45, 7) is 0. The molecule has 0 fully saturated rings. The third-order valence-electron chi connectivity index (χ3n) is 4.04. The lowest BCUT2D eigenvalue weighted by Gasteiger charge is -2.15. The topological polar surface area (TPSA) is 51.7 Å². The standard InChI is InChI=1S/C19H20N2O3S/c1-21(19-20-15-6-4-5-7-17(15)25-19)18(22)11-8-13-12-14(23-2)9-10-16(13)24-3/h4-7,9-10,12H,8,11H2,1-3H3. The Kier molecular flexibility index (Phi) is 5.19. The van der Waals surface area contributed by atoms with Gasteiger partial charge in [0.25, 0.3) is 0 Å². The maximum absolute atomic E-state index is 12.6. The Balaban J connectivity index is 1.71. The van der Waals surface area contributed by atoms with Crippen molar-refractivity contribution in [3.8, 4) is 11.5 Å². The average Bonchev–Trinajstić information content (AvgIpc) is 3.09. The summed E-state index contributed by atoms with van der Waals surface area (Å²) in [4.78, 5) is 18.7. The molecule has 0 unspecified atom stereocenters. The van der Waals surface area contributed by atoms with Gasteiger partial charge in [0.2, 0.25) is 5.91 Å². The minimum atomic E-state index is 0.0175. The summed E-state index contributed by atoms with van der Waals surface area (Å²) in [5.41, 5.74) is 1.87. The number of hydrogen-bond donors (Lipinski definition) is 0. The maximum atomic E-state index is 12.6. The average molecular weight is 356 g/mol. The molecule has 1 heterocycles. The first kappa shape index (κ1) is 17.2. The number of amides is 1. The summed E-state index contributed by atoms with van der Waals surface area (Å²) < 4.78 is 11.7. The maximum Gasteiger partial charge on any atom is 0.228 e. The second-order valence-corrected chi connectivity index (χ2v) is 6.60. The number of hydrogen-bond acceptors (Lipinski definition) is 5. The van der Waals surface area contributed by atoms with Crippen molar-refractivity contribution < 1.29 is 14.3 Å². The summed E-state index contributed by atoms with van der Waals surface area (Å²) in [6, 6.07) is 13.5. The molecule has 0 spiro atoms. The molecule has 1 aromatic heterocycles. The molecule has 2 aromatic carbocycles. The predicted octanol–water partition coefficient (Wildman–Crippen LogP) is 3.91. The predicted molar refractivity (Wildman–Crippen MR) is 101 cm³/mol. The lowest BCUT2D eigenvalue weighted by atomic mass is 10.1. The van der Waals surface area contributed by atoms with Crippen LogP contribution in [-0.2, 0) is 11.2 Å². The fourth-order valence-electron chi connectivity index (χ4n) is 2.60. The van der Waals surface area contributed by atoms with Gasteiger partial charge in [0.15, 0.2) is 5.13 Å². The quantitative estimate of drug-likeness (QED) is 0.672. The van der Waals surface area contributed by atoms with E-state index in [2.05, 4.69) is 4.98 Å². The Morgan fingerprint density at radius 2 is 1.96 bits per heavy atom. The molecule has 0 saturated carbocycles. The molecule has 0 N–H and O–H groups in total. The summed E-state index contributed by atoms with van der Waals surface area (Å²) in [7, 11) is 5.01. The van der Waals surface area contributed by atoms with E-state index in [1.165, 1.54) is 11.3 Å². The number of thiazole rings is 1. The van der Waals surface area contributed by atoms with Crippen molar-refractivity contribution in [3.05, 3.63) is 48.0 Å². The van der Waals surface area contributed by atoms with Gasteiger partial charge in [-0.2, -0.15) is 0 Å². The van der Waals surface area contributed by atoms with Gasteiger partial charge in [-0.05, 0) is 42.3 Å². The van der Waals surface area contributed by atoms with Crippen LogP contribution in [0.1, 0.15) is 12.0 Å². The second-order valence-electron chi connectivity index (χ2n) is 5.59. The van der Waals surface area contributed by atoms with Crippen molar-refractivity contribution in [1.29, 1.82) is 0 Å². The van der Waals surface area contributed by atoms with Crippen LogP contribution in [0, 0.1) is 0 Å². The smallest absolute Gasteiger partial charge is 0.228 e. The van der Waals surface area contributed by atoms with Crippen molar-refractivity contribution in [2.75, 3.05) is 26.2 Å². The minimum Gasteiger partial charge on any atom is -0.497 e. The molecule has 25 heavy (non-hydrogen) atoms. The first-order valence-electron chi connectivity index (χ1n) is 7.95. The Labute approximate surface area is 150 Å². The zero-order chi connectivity index (χ0) is 17.8. The van der Waals surface area contributed by atoms with Gasteiger partial charge >= 0.3 is 0 Å². The third-order valence-corrected chi connectivity index (χ3v) is 5.15. The Bertz CT molecular complexity index is 858. The lowest BCUT2D eigenvalue weighted by Crippen LogP contribution is -2.26. The van der Waals surface area contributed by atoms with E-state index in [9.17, 15) is 4.79 Å². The molecule has 0 bridgehead atoms. The zero-order valence-electron chi connectivity index (χ0n) is 14.5. The first-order valence-corrected chi connectivity index (χ1v) is 8.77. The number of benzene rings is 2. The molecule has 0 radical (unpaired) electrons. The van der Waals surface area contributed by atoms with Crippen LogP contribution in [0.25, 0.3) is 10.2 Å². The highest BCUT2D eigenvalue weighted by Gasteiger charge is 2.16. The molecule has 0 saturated heterocycles. The number of carbonyl (C=O) groups excluding carboxylic acids is 1. The SMILES string of the molecule is COc1ccc(OC)c(CCC(=O)N(C)c2nc3ccccc3s2)c1. The van der Waals surface area contributed by atoms with Crippen LogP contribution < -0.4 is 14.4 Å². The molecule has 0 aliphatic carbocycles. The molecule has 0 aliphatic rings. The van der Waals surface area contributed by atoms with Crippen molar-refractivity contribution in [1.82, 2.24) is 4.98 Å². The first-order chi connectivity index (χ1) is 12.1. The summed E-state index contributed by atoms with van der Waals surface area (Å²) in [6.07, 6.45) is 0.949. The monoisotopic (exact) mass is 356 g/mol. The van der Waals surface area contributed by atoms with Gasteiger partial charge < -0.3 is 9.47 Å². The summed E-state index contributed by atoms with van der Waals surface area (Å²) in [5.74, 6) is 1.53. The van der Waals surface area contributed by atoms with E-state index < -0.39 is 0 Å². The number of rotatable bonds is 6. The molecule has 6 heteroatoms. The molecule has 1 amide bonds. The van der Waals surface area contributed by atoms with Gasteiger partial charge in [0.1, 0.15) is 11.5 Å².